The van der Waals surface area contributed by atoms with Gasteiger partial charge in [-0.05, 0) is 49.7 Å². The lowest BCUT2D eigenvalue weighted by Gasteiger charge is -2.11. The van der Waals surface area contributed by atoms with E-state index in [4.69, 9.17) is 0 Å². The molecule has 1 nitrogen and oxygen atoms in total. The molecule has 0 aliphatic heterocycles. The van der Waals surface area contributed by atoms with Gasteiger partial charge < -0.3 is 4.55 Å². The van der Waals surface area contributed by atoms with Gasteiger partial charge in [-0.15, -0.1) is 0 Å². The summed E-state index contributed by atoms with van der Waals surface area (Å²) < 4.78 is 11.5. The quantitative estimate of drug-likeness (QED) is 0.685. The van der Waals surface area contributed by atoms with E-state index in [0.29, 0.717) is 0 Å². The van der Waals surface area contributed by atoms with Crippen LogP contribution in [0.25, 0.3) is 4.91 Å². The summed E-state index contributed by atoms with van der Waals surface area (Å²) in [5, 5.41) is 0. The van der Waals surface area contributed by atoms with Crippen LogP contribution in [0.4, 0.5) is 0 Å². The minimum absolute atomic E-state index is 0.910. The van der Waals surface area contributed by atoms with E-state index in [1.54, 1.807) is 6.26 Å². The van der Waals surface area contributed by atoms with Gasteiger partial charge in [0.15, 0.2) is 4.91 Å². The first kappa shape index (κ1) is 11.3. The second-order valence-electron chi connectivity index (χ2n) is 3.43. The molecule has 0 aromatic heterocycles. The van der Waals surface area contributed by atoms with Gasteiger partial charge >= 0.3 is 0 Å². The van der Waals surface area contributed by atoms with Crippen molar-refractivity contribution in [2.24, 2.45) is 0 Å². The van der Waals surface area contributed by atoms with Gasteiger partial charge in [-0.3, -0.25) is 0 Å². The van der Waals surface area contributed by atoms with Crippen LogP contribution in [0.3, 0.4) is 0 Å². The Labute approximate surface area is 89.0 Å². The molecule has 0 radical (unpaired) electrons. The molecule has 0 saturated carbocycles. The normalized spacial score (nSPS) is 14.2. The molecule has 0 aliphatic carbocycles. The Balaban J connectivity index is 3.19. The van der Waals surface area contributed by atoms with Crippen molar-refractivity contribution >= 4 is 16.1 Å². The van der Waals surface area contributed by atoms with E-state index in [0.717, 1.165) is 10.5 Å². The topological polar surface area (TPSA) is 23.1 Å². The van der Waals surface area contributed by atoms with Crippen LogP contribution in [0, 0.1) is 13.8 Å². The molecular formula is C12H16OS. The summed E-state index contributed by atoms with van der Waals surface area (Å²) >= 11 is -0.910. The zero-order valence-electron chi connectivity index (χ0n) is 9.13. The second kappa shape index (κ2) is 4.67. The van der Waals surface area contributed by atoms with Crippen molar-refractivity contribution in [1.82, 2.24) is 0 Å². The minimum atomic E-state index is -0.910. The molecule has 1 atom stereocenters. The van der Waals surface area contributed by atoms with Crippen LogP contribution in [-0.2, 0) is 11.2 Å². The van der Waals surface area contributed by atoms with Crippen molar-refractivity contribution in [2.75, 3.05) is 6.26 Å². The van der Waals surface area contributed by atoms with Crippen LogP contribution >= 0.6 is 0 Å². The Morgan fingerprint density at radius 2 is 2.00 bits per heavy atom. The summed E-state index contributed by atoms with van der Waals surface area (Å²) in [7, 11) is 0. The van der Waals surface area contributed by atoms with Gasteiger partial charge in [-0.2, -0.15) is 0 Å². The summed E-state index contributed by atoms with van der Waals surface area (Å²) in [5.41, 5.74) is 3.52. The molecule has 1 rings (SSSR count). The van der Waals surface area contributed by atoms with E-state index in [2.05, 4.69) is 26.0 Å². The highest BCUT2D eigenvalue weighted by Crippen LogP contribution is 2.24. The molecule has 0 saturated heterocycles. The van der Waals surface area contributed by atoms with Gasteiger partial charge in [0.25, 0.3) is 0 Å². The maximum atomic E-state index is 11.5. The highest BCUT2D eigenvalue weighted by molar-refractivity contribution is 7.99. The highest BCUT2D eigenvalue weighted by Gasteiger charge is 2.12. The Morgan fingerprint density at radius 1 is 1.36 bits per heavy atom. The van der Waals surface area contributed by atoms with E-state index >= 15 is 0 Å². The van der Waals surface area contributed by atoms with Crippen LogP contribution in [0.15, 0.2) is 24.3 Å². The van der Waals surface area contributed by atoms with Crippen LogP contribution in [0.1, 0.15) is 23.6 Å². The van der Waals surface area contributed by atoms with Gasteiger partial charge in [-0.25, -0.2) is 0 Å². The number of hydrogen-bond donors (Lipinski definition) is 0. The molecule has 1 unspecified atom stereocenters. The van der Waals surface area contributed by atoms with Gasteiger partial charge in [0.1, 0.15) is 6.26 Å². The summed E-state index contributed by atoms with van der Waals surface area (Å²) in [6.07, 6.45) is 3.64. The van der Waals surface area contributed by atoms with Crippen LogP contribution in [-0.4, -0.2) is 10.8 Å². The van der Waals surface area contributed by atoms with E-state index in [9.17, 15) is 4.55 Å². The fraction of sp³-hybridized carbons (Fsp3) is 0.333. The van der Waals surface area contributed by atoms with E-state index in [-0.39, 0.29) is 0 Å². The number of rotatable bonds is 2. The Hall–Kier alpha value is -0.730. The molecule has 0 spiro atoms. The highest BCUT2D eigenvalue weighted by atomic mass is 32.2. The van der Waals surface area contributed by atoms with Crippen molar-refractivity contribution in [3.8, 4) is 0 Å². The standard InChI is InChI=1S/C12H16OS/c1-5-12(14(4)13)11-7-6-9(2)8-10(11)3/h5-8H,1-4H3/b12-5+. The first-order chi connectivity index (χ1) is 6.56. The first-order valence-electron chi connectivity index (χ1n) is 4.63. The molecule has 0 N–H and O–H groups in total. The zero-order chi connectivity index (χ0) is 10.7. The summed E-state index contributed by atoms with van der Waals surface area (Å²) in [4.78, 5) is 0.919. The SMILES string of the molecule is C/C=C(\c1ccc(C)cc1C)[S+](C)[O-]. The van der Waals surface area contributed by atoms with Crippen molar-refractivity contribution in [3.63, 3.8) is 0 Å². The summed E-state index contributed by atoms with van der Waals surface area (Å²) in [6, 6.07) is 6.21. The molecule has 0 bridgehead atoms. The zero-order valence-corrected chi connectivity index (χ0v) is 9.94. The van der Waals surface area contributed by atoms with E-state index < -0.39 is 11.2 Å². The lowest BCUT2D eigenvalue weighted by Crippen LogP contribution is -2.01. The minimum Gasteiger partial charge on any atom is -0.612 e. The Morgan fingerprint density at radius 3 is 2.43 bits per heavy atom. The third-order valence-electron chi connectivity index (χ3n) is 2.22. The maximum absolute atomic E-state index is 11.5. The molecule has 2 heteroatoms. The number of aryl methyl sites for hydroxylation is 2. The molecule has 1 aromatic rings. The van der Waals surface area contributed by atoms with Crippen molar-refractivity contribution < 1.29 is 4.55 Å². The average molecular weight is 208 g/mol. The van der Waals surface area contributed by atoms with Crippen LogP contribution in [0.2, 0.25) is 0 Å². The molecule has 76 valence electrons. The van der Waals surface area contributed by atoms with Gasteiger partial charge in [0, 0.05) is 5.56 Å². The van der Waals surface area contributed by atoms with Crippen molar-refractivity contribution in [2.45, 2.75) is 20.8 Å². The van der Waals surface area contributed by atoms with Gasteiger partial charge in [-0.1, -0.05) is 17.7 Å². The summed E-state index contributed by atoms with van der Waals surface area (Å²) in [6.45, 7) is 6.05. The van der Waals surface area contributed by atoms with Crippen molar-refractivity contribution in [3.05, 3.63) is 41.0 Å². The third-order valence-corrected chi connectivity index (χ3v) is 3.29. The molecule has 1 aromatic carbocycles. The lowest BCUT2D eigenvalue weighted by molar-refractivity contribution is 0.610. The molecule has 0 amide bonds. The van der Waals surface area contributed by atoms with Crippen LogP contribution in [0.5, 0.6) is 0 Å². The molecule has 0 fully saturated rings. The average Bonchev–Trinajstić information content (AvgIpc) is 2.09. The molecule has 14 heavy (non-hydrogen) atoms. The smallest absolute Gasteiger partial charge is 0.155 e. The first-order valence-corrected chi connectivity index (χ1v) is 6.19. The molecular weight excluding hydrogens is 192 g/mol. The lowest BCUT2D eigenvalue weighted by atomic mass is 10.1. The van der Waals surface area contributed by atoms with Crippen LogP contribution < -0.4 is 0 Å². The number of hydrogen-bond acceptors (Lipinski definition) is 1. The van der Waals surface area contributed by atoms with E-state index in [1.165, 1.54) is 11.1 Å². The number of benzene rings is 1. The second-order valence-corrected chi connectivity index (χ2v) is 4.77. The Kier molecular flexibility index (Phi) is 3.78. The third kappa shape index (κ3) is 2.40. The summed E-state index contributed by atoms with van der Waals surface area (Å²) in [5.74, 6) is 0. The molecule has 0 aliphatic rings. The van der Waals surface area contributed by atoms with Crippen molar-refractivity contribution in [1.29, 1.82) is 0 Å². The fourth-order valence-corrected chi connectivity index (χ4v) is 2.44. The monoisotopic (exact) mass is 208 g/mol. The number of allylic oxidation sites excluding steroid dienone is 1. The predicted octanol–water partition coefficient (Wildman–Crippen LogP) is 3.04. The largest absolute Gasteiger partial charge is 0.612 e. The van der Waals surface area contributed by atoms with E-state index in [1.807, 2.05) is 19.1 Å². The fourth-order valence-electron chi connectivity index (χ4n) is 1.57. The predicted molar refractivity (Wildman–Crippen MR) is 63.6 cm³/mol. The molecule has 0 heterocycles. The Bertz CT molecular complexity index is 353. The van der Waals surface area contributed by atoms with Gasteiger partial charge in [0.2, 0.25) is 0 Å². The maximum Gasteiger partial charge on any atom is 0.155 e. The van der Waals surface area contributed by atoms with Gasteiger partial charge in [0.05, 0.1) is 0 Å².